The van der Waals surface area contributed by atoms with Crippen LogP contribution >= 0.6 is 11.3 Å². The van der Waals surface area contributed by atoms with Gasteiger partial charge in [-0.3, -0.25) is 14.4 Å². The van der Waals surface area contributed by atoms with E-state index in [0.717, 1.165) is 11.3 Å². The van der Waals surface area contributed by atoms with Crippen LogP contribution in [-0.4, -0.2) is 57.9 Å². The second-order valence-corrected chi connectivity index (χ2v) is 7.36. The molecule has 1 atom stereocenters. The van der Waals surface area contributed by atoms with E-state index in [0.29, 0.717) is 28.1 Å². The molecular weight excluding hydrogens is 374 g/mol. The number of primary amides is 1. The van der Waals surface area contributed by atoms with Crippen molar-refractivity contribution in [1.82, 2.24) is 20.2 Å². The van der Waals surface area contributed by atoms with Crippen LogP contribution in [0, 0.1) is 6.92 Å². The van der Waals surface area contributed by atoms with E-state index in [1.807, 2.05) is 19.0 Å². The van der Waals surface area contributed by atoms with Gasteiger partial charge in [0.15, 0.2) is 0 Å². The summed E-state index contributed by atoms with van der Waals surface area (Å²) < 4.78 is 0. The molecule has 0 aliphatic carbocycles. The van der Waals surface area contributed by atoms with Crippen molar-refractivity contribution in [3.63, 3.8) is 0 Å². The van der Waals surface area contributed by atoms with Gasteiger partial charge in [0.25, 0.3) is 11.5 Å². The third-order valence-corrected chi connectivity index (χ3v) is 4.99. The van der Waals surface area contributed by atoms with E-state index in [1.54, 1.807) is 6.92 Å². The van der Waals surface area contributed by atoms with Gasteiger partial charge in [0.05, 0.1) is 16.8 Å². The lowest BCUT2D eigenvalue weighted by molar-refractivity contribution is -0.139. The molecular formula is C16H21N5O5S. The molecule has 0 fully saturated rings. The average molecular weight is 395 g/mol. The first-order valence-electron chi connectivity index (χ1n) is 8.09. The first-order chi connectivity index (χ1) is 12.6. The monoisotopic (exact) mass is 395 g/mol. The number of carboxylic acids is 1. The maximum atomic E-state index is 12.5. The summed E-state index contributed by atoms with van der Waals surface area (Å²) in [6.45, 7) is 2.04. The first kappa shape index (κ1) is 20.5. The highest BCUT2D eigenvalue weighted by molar-refractivity contribution is 7.20. The van der Waals surface area contributed by atoms with Crippen molar-refractivity contribution in [3.05, 3.63) is 26.6 Å². The number of amides is 2. The Labute approximate surface area is 158 Å². The second-order valence-electron chi connectivity index (χ2n) is 6.36. The number of carbonyl (C=O) groups excluding carboxylic acids is 2. The zero-order valence-corrected chi connectivity index (χ0v) is 16.0. The molecule has 10 nitrogen and oxygen atoms in total. The average Bonchev–Trinajstić information content (AvgIpc) is 2.87. The Bertz CT molecular complexity index is 949. The van der Waals surface area contributed by atoms with Gasteiger partial charge in [-0.25, -0.2) is 9.78 Å². The van der Waals surface area contributed by atoms with Crippen molar-refractivity contribution in [2.45, 2.75) is 32.4 Å². The Morgan fingerprint density at radius 2 is 2.04 bits per heavy atom. The minimum atomic E-state index is -1.27. The van der Waals surface area contributed by atoms with Gasteiger partial charge in [-0.05, 0) is 33.0 Å². The number of hydrogen-bond donors (Lipinski definition) is 4. The number of hydrogen-bond acceptors (Lipinski definition) is 7. The van der Waals surface area contributed by atoms with Crippen molar-refractivity contribution in [3.8, 4) is 0 Å². The van der Waals surface area contributed by atoms with Gasteiger partial charge in [-0.2, -0.15) is 0 Å². The molecule has 11 heteroatoms. The molecule has 0 saturated heterocycles. The maximum absolute atomic E-state index is 12.5. The van der Waals surface area contributed by atoms with Crippen molar-refractivity contribution in [1.29, 1.82) is 0 Å². The molecule has 1 unspecified atom stereocenters. The predicted octanol–water partition coefficient (Wildman–Crippen LogP) is -0.197. The quantitative estimate of drug-likeness (QED) is 0.482. The van der Waals surface area contributed by atoms with E-state index >= 15 is 0 Å². The lowest BCUT2D eigenvalue weighted by atomic mass is 10.1. The molecule has 0 aliphatic heterocycles. The molecule has 0 radical (unpaired) electrons. The standard InChI is InChI=1S/C16H21N5O5S/c1-7-11-13(23)19-10(6-21(2)3)20-15(11)27-12(7)14(24)18-8(16(25)26)4-5-9(17)22/h8H,4-6H2,1-3H3,(H2,17,22)(H,18,24)(H,25,26)(H,19,20,23). The fourth-order valence-corrected chi connectivity index (χ4v) is 3.65. The number of carbonyl (C=O) groups is 3. The minimum Gasteiger partial charge on any atom is -0.480 e. The van der Waals surface area contributed by atoms with Crippen LogP contribution in [0.15, 0.2) is 4.79 Å². The molecule has 2 aromatic rings. The fourth-order valence-electron chi connectivity index (χ4n) is 2.55. The van der Waals surface area contributed by atoms with Crippen LogP contribution in [0.4, 0.5) is 0 Å². The Morgan fingerprint density at radius 3 is 2.59 bits per heavy atom. The number of rotatable bonds is 8. The molecule has 0 bridgehead atoms. The number of nitrogens with one attached hydrogen (secondary N) is 2. The lowest BCUT2D eigenvalue weighted by Gasteiger charge is -2.13. The summed E-state index contributed by atoms with van der Waals surface area (Å²) in [4.78, 5) is 56.6. The Kier molecular flexibility index (Phi) is 6.28. The van der Waals surface area contributed by atoms with E-state index in [1.165, 1.54) is 0 Å². The summed E-state index contributed by atoms with van der Waals surface area (Å²) in [5, 5.41) is 11.9. The largest absolute Gasteiger partial charge is 0.480 e. The first-order valence-corrected chi connectivity index (χ1v) is 8.90. The van der Waals surface area contributed by atoms with Gasteiger partial charge in [0.2, 0.25) is 5.91 Å². The van der Waals surface area contributed by atoms with E-state index in [-0.39, 0.29) is 23.3 Å². The molecule has 2 heterocycles. The van der Waals surface area contributed by atoms with Crippen molar-refractivity contribution in [2.75, 3.05) is 14.1 Å². The normalized spacial score (nSPS) is 12.3. The zero-order chi connectivity index (χ0) is 20.3. The number of carboxylic acid groups (broad SMARTS) is 1. The molecule has 0 spiro atoms. The summed E-state index contributed by atoms with van der Waals surface area (Å²) in [5.74, 6) is -2.10. The van der Waals surface area contributed by atoms with E-state index < -0.39 is 23.8 Å². The van der Waals surface area contributed by atoms with Crippen LogP contribution in [0.5, 0.6) is 0 Å². The number of H-pyrrole nitrogens is 1. The smallest absolute Gasteiger partial charge is 0.326 e. The molecule has 2 rings (SSSR count). The highest BCUT2D eigenvalue weighted by Gasteiger charge is 2.25. The van der Waals surface area contributed by atoms with Gasteiger partial charge in [-0.15, -0.1) is 11.3 Å². The third-order valence-electron chi connectivity index (χ3n) is 3.80. The number of nitrogens with two attached hydrogens (primary N) is 1. The third kappa shape index (κ3) is 4.89. The molecule has 5 N–H and O–H groups in total. The lowest BCUT2D eigenvalue weighted by Crippen LogP contribution is -2.41. The van der Waals surface area contributed by atoms with Crippen LogP contribution < -0.4 is 16.6 Å². The van der Waals surface area contributed by atoms with Crippen LogP contribution in [0.3, 0.4) is 0 Å². The Hall–Kier alpha value is -2.79. The van der Waals surface area contributed by atoms with Gasteiger partial charge >= 0.3 is 5.97 Å². The highest BCUT2D eigenvalue weighted by atomic mass is 32.1. The van der Waals surface area contributed by atoms with Crippen LogP contribution in [0.1, 0.15) is 33.9 Å². The highest BCUT2D eigenvalue weighted by Crippen LogP contribution is 2.27. The number of thiophene rings is 1. The predicted molar refractivity (Wildman–Crippen MR) is 99.7 cm³/mol. The van der Waals surface area contributed by atoms with Crippen molar-refractivity contribution < 1.29 is 19.5 Å². The molecule has 146 valence electrons. The van der Waals surface area contributed by atoms with Gasteiger partial charge in [0, 0.05) is 6.42 Å². The summed E-state index contributed by atoms with van der Waals surface area (Å²) in [7, 11) is 3.67. The Morgan fingerprint density at radius 1 is 1.37 bits per heavy atom. The molecule has 0 aromatic carbocycles. The minimum absolute atomic E-state index is 0.119. The van der Waals surface area contributed by atoms with E-state index in [2.05, 4.69) is 15.3 Å². The fraction of sp³-hybridized carbons (Fsp3) is 0.438. The van der Waals surface area contributed by atoms with Crippen LogP contribution in [-0.2, 0) is 16.1 Å². The SMILES string of the molecule is Cc1c(C(=O)NC(CCC(N)=O)C(=O)O)sc2nc(CN(C)C)[nH]c(=O)c12. The maximum Gasteiger partial charge on any atom is 0.326 e. The number of aromatic nitrogens is 2. The molecule has 2 amide bonds. The number of aliphatic carboxylic acids is 1. The van der Waals surface area contributed by atoms with E-state index in [4.69, 9.17) is 5.73 Å². The summed E-state index contributed by atoms with van der Waals surface area (Å²) in [5.41, 5.74) is 5.10. The summed E-state index contributed by atoms with van der Waals surface area (Å²) in [6, 6.07) is -1.26. The van der Waals surface area contributed by atoms with Gasteiger partial charge < -0.3 is 26.0 Å². The molecule has 0 saturated carbocycles. The zero-order valence-electron chi connectivity index (χ0n) is 15.2. The molecule has 0 aliphatic rings. The van der Waals surface area contributed by atoms with E-state index in [9.17, 15) is 24.3 Å². The molecule has 2 aromatic heterocycles. The van der Waals surface area contributed by atoms with Gasteiger partial charge in [-0.1, -0.05) is 0 Å². The number of aromatic amines is 1. The van der Waals surface area contributed by atoms with Crippen LogP contribution in [0.25, 0.3) is 10.2 Å². The summed E-state index contributed by atoms with van der Waals surface area (Å²) >= 11 is 1.02. The topological polar surface area (TPSA) is 158 Å². The summed E-state index contributed by atoms with van der Waals surface area (Å²) in [6.07, 6.45) is -0.288. The number of fused-ring (bicyclic) bond motifs is 1. The number of aryl methyl sites for hydroxylation is 1. The van der Waals surface area contributed by atoms with Crippen LogP contribution in [0.2, 0.25) is 0 Å². The van der Waals surface area contributed by atoms with Crippen molar-refractivity contribution in [2.24, 2.45) is 5.73 Å². The van der Waals surface area contributed by atoms with Gasteiger partial charge in [0.1, 0.15) is 16.7 Å². The molecule has 27 heavy (non-hydrogen) atoms. The van der Waals surface area contributed by atoms with Crippen molar-refractivity contribution >= 4 is 39.3 Å². The number of nitrogens with zero attached hydrogens (tertiary/aromatic N) is 2. The second kappa shape index (κ2) is 8.27. The Balaban J connectivity index is 2.34.